The molecule has 3 nitrogen and oxygen atoms in total. The summed E-state index contributed by atoms with van der Waals surface area (Å²) in [5.74, 6) is -0.233. The predicted molar refractivity (Wildman–Crippen MR) is 128 cm³/mol. The maximum Gasteiger partial charge on any atom is 0.261 e. The van der Waals surface area contributed by atoms with E-state index < -0.39 is 0 Å². The van der Waals surface area contributed by atoms with Gasteiger partial charge in [-0.15, -0.1) is 0 Å². The summed E-state index contributed by atoms with van der Waals surface area (Å²) in [6.45, 7) is 6.57. The molecule has 0 aliphatic carbocycles. The molecule has 1 aliphatic heterocycles. The third kappa shape index (κ3) is 10.2. The lowest BCUT2D eigenvalue weighted by atomic mass is 10.1. The van der Waals surface area contributed by atoms with Crippen molar-refractivity contribution in [2.75, 3.05) is 6.54 Å². The molecule has 0 radical (unpaired) electrons. The van der Waals surface area contributed by atoms with Crippen molar-refractivity contribution >= 4 is 11.8 Å². The van der Waals surface area contributed by atoms with Crippen molar-refractivity contribution in [3.8, 4) is 0 Å². The molecule has 2 amide bonds. The molecule has 168 valence electrons. The minimum Gasteiger partial charge on any atom is -0.275 e. The van der Waals surface area contributed by atoms with Gasteiger partial charge in [0, 0.05) is 17.7 Å². The Labute approximate surface area is 185 Å². The second kappa shape index (κ2) is 16.8. The molecule has 0 spiro atoms. The fourth-order valence-corrected chi connectivity index (χ4v) is 3.61. The molecule has 0 N–H and O–H groups in total. The molecule has 0 aromatic carbocycles. The van der Waals surface area contributed by atoms with E-state index >= 15 is 0 Å². The van der Waals surface area contributed by atoms with Crippen molar-refractivity contribution in [3.63, 3.8) is 0 Å². The number of unbranched alkanes of at least 4 members (excludes halogenated alkanes) is 9. The lowest BCUT2D eigenvalue weighted by Gasteiger charge is -2.14. The van der Waals surface area contributed by atoms with E-state index in [1.54, 1.807) is 13.0 Å². The second-order valence-corrected chi connectivity index (χ2v) is 8.20. The number of nitrogens with zero attached hydrogens (tertiary/aromatic N) is 1. The molecule has 0 fully saturated rings. The van der Waals surface area contributed by atoms with Crippen molar-refractivity contribution in [1.29, 1.82) is 0 Å². The van der Waals surface area contributed by atoms with Crippen LogP contribution in [0.25, 0.3) is 0 Å². The third-order valence-electron chi connectivity index (χ3n) is 5.55. The van der Waals surface area contributed by atoms with E-state index in [-0.39, 0.29) is 11.8 Å². The van der Waals surface area contributed by atoms with Crippen molar-refractivity contribution in [3.05, 3.63) is 47.6 Å². The van der Waals surface area contributed by atoms with E-state index in [9.17, 15) is 9.59 Å². The highest BCUT2D eigenvalue weighted by Crippen LogP contribution is 2.22. The van der Waals surface area contributed by atoms with Crippen LogP contribution in [0, 0.1) is 0 Å². The summed E-state index contributed by atoms with van der Waals surface area (Å²) in [6, 6.07) is 0. The van der Waals surface area contributed by atoms with Crippen LogP contribution in [0.1, 0.15) is 104 Å². The largest absolute Gasteiger partial charge is 0.275 e. The predicted octanol–water partition coefficient (Wildman–Crippen LogP) is 7.45. The topological polar surface area (TPSA) is 37.4 Å². The zero-order chi connectivity index (χ0) is 22.0. The fraction of sp³-hybridized carbons (Fsp3) is 0.630. The van der Waals surface area contributed by atoms with Gasteiger partial charge in [-0.05, 0) is 51.9 Å². The first kappa shape index (κ1) is 26.1. The molecule has 0 unspecified atom stereocenters. The molecule has 0 aromatic heterocycles. The summed E-state index contributed by atoms with van der Waals surface area (Å²) in [7, 11) is 0. The number of hydrogen-bond acceptors (Lipinski definition) is 2. The summed E-state index contributed by atoms with van der Waals surface area (Å²) < 4.78 is 0. The first-order valence-electron chi connectivity index (χ1n) is 12.2. The number of carbonyl (C=O) groups is 2. The van der Waals surface area contributed by atoms with E-state index in [0.717, 1.165) is 25.7 Å². The molecule has 0 aromatic rings. The van der Waals surface area contributed by atoms with Crippen LogP contribution in [0.3, 0.4) is 0 Å². The highest BCUT2D eigenvalue weighted by atomic mass is 16.2. The van der Waals surface area contributed by atoms with E-state index in [4.69, 9.17) is 0 Å². The standard InChI is InChI=1S/C27H43NO2/c1-4-6-8-9-10-11-12-13-14-15-16-17-18-19-20-21-23-28-26(29)24(3)25(27(28)30)22-7-5-2/h7,10-11,13-14,22H,4-6,8-9,12,15-21,23H2,1-3H3/b11-10-,14-13-,22-7-. The Morgan fingerprint density at radius 3 is 1.93 bits per heavy atom. The Balaban J connectivity index is 2.03. The Bertz CT molecular complexity index is 625. The van der Waals surface area contributed by atoms with Crippen molar-refractivity contribution in [2.45, 2.75) is 104 Å². The van der Waals surface area contributed by atoms with Gasteiger partial charge < -0.3 is 0 Å². The molecule has 0 bridgehead atoms. The molecule has 1 heterocycles. The van der Waals surface area contributed by atoms with Gasteiger partial charge in [0.25, 0.3) is 11.8 Å². The summed E-state index contributed by atoms with van der Waals surface area (Å²) in [6.07, 6.45) is 28.1. The summed E-state index contributed by atoms with van der Waals surface area (Å²) in [5.41, 5.74) is 1.16. The molecular weight excluding hydrogens is 370 g/mol. The van der Waals surface area contributed by atoms with Gasteiger partial charge in [0.2, 0.25) is 0 Å². The highest BCUT2D eigenvalue weighted by molar-refractivity contribution is 6.20. The van der Waals surface area contributed by atoms with Crippen LogP contribution < -0.4 is 0 Å². The van der Waals surface area contributed by atoms with Gasteiger partial charge in [-0.2, -0.15) is 0 Å². The maximum absolute atomic E-state index is 12.4. The van der Waals surface area contributed by atoms with Crippen molar-refractivity contribution in [2.24, 2.45) is 0 Å². The molecule has 3 heteroatoms. The molecule has 1 aliphatic rings. The average Bonchev–Trinajstić information content (AvgIpc) is 2.94. The molecule has 0 atom stereocenters. The van der Waals surface area contributed by atoms with Gasteiger partial charge in [-0.3, -0.25) is 14.5 Å². The Morgan fingerprint density at radius 2 is 1.30 bits per heavy atom. The summed E-state index contributed by atoms with van der Waals surface area (Å²) in [4.78, 5) is 26.1. The van der Waals surface area contributed by atoms with Crippen LogP contribution in [-0.4, -0.2) is 23.3 Å². The van der Waals surface area contributed by atoms with Gasteiger partial charge in [-0.1, -0.05) is 88.8 Å². The van der Waals surface area contributed by atoms with E-state index in [2.05, 4.69) is 31.2 Å². The Morgan fingerprint density at radius 1 is 0.700 bits per heavy atom. The lowest BCUT2D eigenvalue weighted by molar-refractivity contribution is -0.137. The van der Waals surface area contributed by atoms with Crippen LogP contribution in [0.4, 0.5) is 0 Å². The minimum atomic E-state index is -0.121. The number of imide groups is 1. The zero-order valence-corrected chi connectivity index (χ0v) is 19.6. The first-order chi connectivity index (χ1) is 14.6. The lowest BCUT2D eigenvalue weighted by Crippen LogP contribution is -2.32. The Hall–Kier alpha value is -1.90. The normalized spacial score (nSPS) is 15.2. The fourth-order valence-electron chi connectivity index (χ4n) is 3.61. The van der Waals surface area contributed by atoms with Crippen LogP contribution >= 0.6 is 0 Å². The van der Waals surface area contributed by atoms with Gasteiger partial charge in [-0.25, -0.2) is 0 Å². The molecule has 30 heavy (non-hydrogen) atoms. The number of carbonyl (C=O) groups excluding carboxylic acids is 2. The maximum atomic E-state index is 12.4. The molecule has 0 saturated carbocycles. The minimum absolute atomic E-state index is 0.113. The van der Waals surface area contributed by atoms with Gasteiger partial charge in [0.15, 0.2) is 0 Å². The quantitative estimate of drug-likeness (QED) is 0.141. The Kier molecular flexibility index (Phi) is 14.7. The number of allylic oxidation sites excluding steroid dienone is 5. The van der Waals surface area contributed by atoms with Crippen molar-refractivity contribution in [1.82, 2.24) is 4.90 Å². The van der Waals surface area contributed by atoms with Gasteiger partial charge >= 0.3 is 0 Å². The van der Waals surface area contributed by atoms with Gasteiger partial charge in [0.05, 0.1) is 0 Å². The third-order valence-corrected chi connectivity index (χ3v) is 5.55. The highest BCUT2D eigenvalue weighted by Gasteiger charge is 2.33. The van der Waals surface area contributed by atoms with Crippen LogP contribution in [0.5, 0.6) is 0 Å². The van der Waals surface area contributed by atoms with E-state index in [0.29, 0.717) is 17.7 Å². The average molecular weight is 414 g/mol. The number of amides is 2. The van der Waals surface area contributed by atoms with Crippen LogP contribution in [0.15, 0.2) is 47.6 Å². The first-order valence-corrected chi connectivity index (χ1v) is 12.2. The molecule has 0 saturated heterocycles. The van der Waals surface area contributed by atoms with Gasteiger partial charge in [0.1, 0.15) is 0 Å². The van der Waals surface area contributed by atoms with Crippen LogP contribution in [-0.2, 0) is 9.59 Å². The second-order valence-electron chi connectivity index (χ2n) is 8.20. The van der Waals surface area contributed by atoms with E-state index in [1.165, 1.54) is 62.7 Å². The summed E-state index contributed by atoms with van der Waals surface area (Å²) in [5, 5.41) is 0. The van der Waals surface area contributed by atoms with Crippen LogP contribution in [0.2, 0.25) is 0 Å². The van der Waals surface area contributed by atoms with Crippen molar-refractivity contribution < 1.29 is 9.59 Å². The van der Waals surface area contributed by atoms with E-state index in [1.807, 2.05) is 13.0 Å². The monoisotopic (exact) mass is 413 g/mol. The molecular formula is C27H43NO2. The molecule has 1 rings (SSSR count). The zero-order valence-electron chi connectivity index (χ0n) is 19.6. The number of hydrogen-bond donors (Lipinski definition) is 0. The SMILES string of the molecule is CC/C=C\C1=C(C)C(=O)N(CCCCCCCC/C=C\C/C=C\CCCCC)C1=O. The summed E-state index contributed by atoms with van der Waals surface area (Å²) >= 11 is 0. The smallest absolute Gasteiger partial charge is 0.261 e. The number of rotatable bonds is 17.